The number of anilines is 5. The number of nitrogens with zero attached hydrogens (tertiary/aromatic N) is 1. The minimum Gasteiger partial charge on any atom is -0.356 e. The van der Waals surface area contributed by atoms with Crippen molar-refractivity contribution < 1.29 is 0 Å². The van der Waals surface area contributed by atoms with Crippen molar-refractivity contribution in [2.24, 2.45) is 0 Å². The second kappa shape index (κ2) is 9.00. The van der Waals surface area contributed by atoms with Crippen LogP contribution in [0.4, 0.5) is 28.4 Å². The summed E-state index contributed by atoms with van der Waals surface area (Å²) in [7, 11) is 0. The molecule has 168 valence electrons. The van der Waals surface area contributed by atoms with Crippen LogP contribution < -0.4 is 10.2 Å². The van der Waals surface area contributed by atoms with E-state index in [-0.39, 0.29) is 0 Å². The first kappa shape index (κ1) is 21.0. The van der Waals surface area contributed by atoms with Gasteiger partial charge in [0.05, 0.1) is 11.4 Å². The zero-order valence-corrected chi connectivity index (χ0v) is 19.6. The average molecular weight is 451 g/mol. The fourth-order valence-electron chi connectivity index (χ4n) is 4.80. The lowest BCUT2D eigenvalue weighted by molar-refractivity contribution is 1.31. The molecule has 6 aromatic rings. The van der Waals surface area contributed by atoms with Gasteiger partial charge in [-0.25, -0.2) is 0 Å². The van der Waals surface area contributed by atoms with Crippen LogP contribution in [0.1, 0.15) is 5.56 Å². The molecule has 2 nitrogen and oxygen atoms in total. The summed E-state index contributed by atoms with van der Waals surface area (Å²) in [5.74, 6) is 0. The zero-order valence-electron chi connectivity index (χ0n) is 19.6. The lowest BCUT2D eigenvalue weighted by Crippen LogP contribution is -2.11. The highest BCUT2D eigenvalue weighted by atomic mass is 15.1. The largest absolute Gasteiger partial charge is 0.356 e. The van der Waals surface area contributed by atoms with Gasteiger partial charge in [-0.1, -0.05) is 84.9 Å². The van der Waals surface area contributed by atoms with Gasteiger partial charge in [0.1, 0.15) is 0 Å². The maximum Gasteiger partial charge on any atom is 0.0540 e. The summed E-state index contributed by atoms with van der Waals surface area (Å²) in [6, 6.07) is 47.4. The van der Waals surface area contributed by atoms with E-state index < -0.39 is 0 Å². The Labute approximate surface area is 206 Å². The average Bonchev–Trinajstić information content (AvgIpc) is 2.90. The molecule has 6 rings (SSSR count). The second-order valence-corrected chi connectivity index (χ2v) is 8.87. The maximum absolute atomic E-state index is 3.53. The Hall–Kier alpha value is -4.56. The van der Waals surface area contributed by atoms with E-state index in [0.717, 1.165) is 17.1 Å². The molecule has 2 heteroatoms. The van der Waals surface area contributed by atoms with Gasteiger partial charge >= 0.3 is 0 Å². The molecule has 6 aromatic carbocycles. The summed E-state index contributed by atoms with van der Waals surface area (Å²) in [5.41, 5.74) is 6.85. The van der Waals surface area contributed by atoms with Crippen molar-refractivity contribution in [1.82, 2.24) is 0 Å². The molecule has 0 aliphatic heterocycles. The molecule has 0 bridgehead atoms. The topological polar surface area (TPSA) is 15.3 Å². The number of nitrogens with one attached hydrogen (secondary N) is 1. The third-order valence-electron chi connectivity index (χ3n) is 6.45. The Balaban J connectivity index is 1.50. The van der Waals surface area contributed by atoms with Crippen LogP contribution in [0.5, 0.6) is 0 Å². The molecule has 0 heterocycles. The monoisotopic (exact) mass is 450 g/mol. The second-order valence-electron chi connectivity index (χ2n) is 8.87. The number of fused-ring (bicyclic) bond motifs is 2. The Morgan fingerprint density at radius 1 is 0.486 bits per heavy atom. The summed E-state index contributed by atoms with van der Waals surface area (Å²) in [5, 5.41) is 8.44. The molecule has 0 aliphatic carbocycles. The minimum absolute atomic E-state index is 1.06. The smallest absolute Gasteiger partial charge is 0.0540 e. The van der Waals surface area contributed by atoms with Gasteiger partial charge in [0.25, 0.3) is 0 Å². The van der Waals surface area contributed by atoms with E-state index in [1.807, 2.05) is 0 Å². The third-order valence-corrected chi connectivity index (χ3v) is 6.45. The summed E-state index contributed by atoms with van der Waals surface area (Å²) in [6.07, 6.45) is 0. The van der Waals surface area contributed by atoms with Crippen LogP contribution >= 0.6 is 0 Å². The number of hydrogen-bond donors (Lipinski definition) is 1. The SMILES string of the molecule is Cc1cccc(Nc2ccc(N(c3cccc4ccccc34)c3cccc4ccccc34)cc2)c1. The van der Waals surface area contributed by atoms with Crippen molar-refractivity contribution in [2.45, 2.75) is 6.92 Å². The molecule has 0 aromatic heterocycles. The molecule has 0 atom stereocenters. The molecule has 0 fully saturated rings. The maximum atomic E-state index is 3.53. The number of hydrogen-bond acceptors (Lipinski definition) is 2. The normalized spacial score (nSPS) is 11.0. The van der Waals surface area contributed by atoms with E-state index >= 15 is 0 Å². The molecule has 0 radical (unpaired) electrons. The van der Waals surface area contributed by atoms with E-state index in [9.17, 15) is 0 Å². The highest BCUT2D eigenvalue weighted by Crippen LogP contribution is 2.42. The molecule has 0 saturated heterocycles. The van der Waals surface area contributed by atoms with Crippen molar-refractivity contribution in [3.8, 4) is 0 Å². The van der Waals surface area contributed by atoms with Crippen LogP contribution in [-0.2, 0) is 0 Å². The van der Waals surface area contributed by atoms with Crippen LogP contribution in [0.25, 0.3) is 21.5 Å². The van der Waals surface area contributed by atoms with Crippen molar-refractivity contribution in [2.75, 3.05) is 10.2 Å². The van der Waals surface area contributed by atoms with Crippen molar-refractivity contribution in [1.29, 1.82) is 0 Å². The first-order valence-electron chi connectivity index (χ1n) is 12.0. The van der Waals surface area contributed by atoms with Crippen molar-refractivity contribution >= 4 is 50.0 Å². The van der Waals surface area contributed by atoms with Crippen LogP contribution in [0.2, 0.25) is 0 Å². The first-order valence-corrected chi connectivity index (χ1v) is 12.0. The van der Waals surface area contributed by atoms with Crippen LogP contribution in [0.15, 0.2) is 133 Å². The van der Waals surface area contributed by atoms with Crippen molar-refractivity contribution in [3.05, 3.63) is 139 Å². The van der Waals surface area contributed by atoms with E-state index in [0.29, 0.717) is 0 Å². The lowest BCUT2D eigenvalue weighted by Gasteiger charge is -2.28. The first-order chi connectivity index (χ1) is 17.3. The molecular formula is C33H26N2. The number of rotatable bonds is 5. The van der Waals surface area contributed by atoms with Gasteiger partial charge in [0, 0.05) is 27.8 Å². The standard InChI is InChI=1S/C33H26N2/c1-24-9-6-14-28(23-24)34-27-19-21-29(22-20-27)35(32-17-7-12-25-10-2-4-15-30(25)32)33-18-8-13-26-11-3-5-16-31(26)33/h2-23,34H,1H3. The Kier molecular flexibility index (Phi) is 5.40. The molecular weight excluding hydrogens is 424 g/mol. The molecule has 1 N–H and O–H groups in total. The van der Waals surface area contributed by atoms with Gasteiger partial charge in [-0.05, 0) is 71.8 Å². The molecule has 0 unspecified atom stereocenters. The molecule has 0 saturated carbocycles. The van der Waals surface area contributed by atoms with Crippen LogP contribution in [-0.4, -0.2) is 0 Å². The van der Waals surface area contributed by atoms with Gasteiger partial charge in [-0.2, -0.15) is 0 Å². The minimum atomic E-state index is 1.06. The fraction of sp³-hybridized carbons (Fsp3) is 0.0303. The lowest BCUT2D eigenvalue weighted by atomic mass is 10.0. The molecule has 35 heavy (non-hydrogen) atoms. The Morgan fingerprint density at radius 3 is 1.63 bits per heavy atom. The van der Waals surface area contributed by atoms with Crippen LogP contribution in [0, 0.1) is 6.92 Å². The van der Waals surface area contributed by atoms with Crippen LogP contribution in [0.3, 0.4) is 0 Å². The summed E-state index contributed by atoms with van der Waals surface area (Å²) in [4.78, 5) is 2.38. The van der Waals surface area contributed by atoms with Crippen molar-refractivity contribution in [3.63, 3.8) is 0 Å². The van der Waals surface area contributed by atoms with E-state index in [4.69, 9.17) is 0 Å². The molecule has 0 aliphatic rings. The van der Waals surface area contributed by atoms with Gasteiger partial charge in [-0.15, -0.1) is 0 Å². The highest BCUT2D eigenvalue weighted by Gasteiger charge is 2.17. The summed E-state index contributed by atoms with van der Waals surface area (Å²) < 4.78 is 0. The Bertz CT molecular complexity index is 1540. The molecule has 0 amide bonds. The fourth-order valence-corrected chi connectivity index (χ4v) is 4.80. The molecule has 0 spiro atoms. The summed E-state index contributed by atoms with van der Waals surface area (Å²) in [6.45, 7) is 2.11. The van der Waals surface area contributed by atoms with E-state index in [2.05, 4.69) is 151 Å². The zero-order chi connectivity index (χ0) is 23.6. The summed E-state index contributed by atoms with van der Waals surface area (Å²) >= 11 is 0. The quantitative estimate of drug-likeness (QED) is 0.281. The predicted octanol–water partition coefficient (Wildman–Crippen LogP) is 9.51. The number of aryl methyl sites for hydroxylation is 1. The Morgan fingerprint density at radius 2 is 1.03 bits per heavy atom. The van der Waals surface area contributed by atoms with Gasteiger partial charge < -0.3 is 10.2 Å². The van der Waals surface area contributed by atoms with E-state index in [1.54, 1.807) is 0 Å². The van der Waals surface area contributed by atoms with Gasteiger partial charge in [-0.3, -0.25) is 0 Å². The highest BCUT2D eigenvalue weighted by molar-refractivity contribution is 6.04. The van der Waals surface area contributed by atoms with E-state index in [1.165, 1.54) is 38.5 Å². The van der Waals surface area contributed by atoms with Gasteiger partial charge in [0.15, 0.2) is 0 Å². The third kappa shape index (κ3) is 4.11. The number of benzene rings is 6. The van der Waals surface area contributed by atoms with Gasteiger partial charge in [0.2, 0.25) is 0 Å². The predicted molar refractivity (Wildman–Crippen MR) is 151 cm³/mol.